The zero-order valence-electron chi connectivity index (χ0n) is 6.20. The Morgan fingerprint density at radius 3 is 2.73 bits per heavy atom. The van der Waals surface area contributed by atoms with E-state index in [-0.39, 0.29) is 29.4 Å². The molecule has 4 nitrogen and oxygen atoms in total. The summed E-state index contributed by atoms with van der Waals surface area (Å²) in [5, 5.41) is 0. The second-order valence-electron chi connectivity index (χ2n) is 2.22. The van der Waals surface area contributed by atoms with Crippen LogP contribution in [0.3, 0.4) is 0 Å². The molecule has 1 aromatic rings. The van der Waals surface area contributed by atoms with E-state index in [0.717, 1.165) is 0 Å². The van der Waals surface area contributed by atoms with Crippen LogP contribution >= 0.6 is 0 Å². The molecule has 5 heteroatoms. The van der Waals surface area contributed by atoms with Crippen molar-refractivity contribution in [2.75, 3.05) is 0 Å². The Kier molecular flexibility index (Phi) is 3.81. The molecule has 1 amide bonds. The van der Waals surface area contributed by atoms with Gasteiger partial charge in [-0.1, -0.05) is 0 Å². The summed E-state index contributed by atoms with van der Waals surface area (Å²) in [6.07, 6.45) is 5.44. The van der Waals surface area contributed by atoms with Gasteiger partial charge in [-0.3, -0.25) is 4.79 Å². The quantitative estimate of drug-likeness (QED) is 0.505. The second-order valence-corrected chi connectivity index (χ2v) is 2.22. The number of nitrogens with zero attached hydrogens (tertiary/aromatic N) is 2. The molecule has 0 bridgehead atoms. The van der Waals surface area contributed by atoms with Crippen molar-refractivity contribution in [3.63, 3.8) is 0 Å². The van der Waals surface area contributed by atoms with E-state index in [0.29, 0.717) is 0 Å². The van der Waals surface area contributed by atoms with Gasteiger partial charge in [0.1, 0.15) is 12.4 Å². The molecule has 1 aromatic heterocycles. The number of primary amides is 1. The maximum Gasteiger partial charge on any atom is 0.259 e. The van der Waals surface area contributed by atoms with Crippen molar-refractivity contribution in [1.82, 2.24) is 4.57 Å². The van der Waals surface area contributed by atoms with E-state index in [1.54, 1.807) is 17.1 Å². The summed E-state index contributed by atoms with van der Waals surface area (Å²) in [5.41, 5.74) is 4.96. The number of halogens is 1. The molecule has 0 saturated carbocycles. The highest BCUT2D eigenvalue weighted by Crippen LogP contribution is 1.80. The molecule has 1 rings (SSSR count). The molecule has 0 saturated heterocycles. The van der Waals surface area contributed by atoms with Gasteiger partial charge in [-0.05, 0) is 0 Å². The number of carbonyl (C=O) groups excluding carboxylic acids is 1. The lowest BCUT2D eigenvalue weighted by atomic mass is 10.6. The van der Waals surface area contributed by atoms with Crippen LogP contribution in [-0.4, -0.2) is 10.5 Å². The molecule has 11 heavy (non-hydrogen) atoms. The van der Waals surface area contributed by atoms with Gasteiger partial charge in [0.25, 0.3) is 5.91 Å². The van der Waals surface area contributed by atoms with Crippen molar-refractivity contribution in [2.24, 2.45) is 12.8 Å². The van der Waals surface area contributed by atoms with E-state index < -0.39 is 0 Å². The van der Waals surface area contributed by atoms with E-state index in [9.17, 15) is 4.79 Å². The molecule has 1 heterocycles. The summed E-state index contributed by atoms with van der Waals surface area (Å²) < 4.78 is 3.57. The van der Waals surface area contributed by atoms with E-state index in [2.05, 4.69) is 0 Å². The Hall–Kier alpha value is -0.840. The van der Waals surface area contributed by atoms with Gasteiger partial charge >= 0.3 is 0 Å². The molecular formula is C6H10BrN3O. The highest BCUT2D eigenvalue weighted by molar-refractivity contribution is 5.73. The zero-order chi connectivity index (χ0) is 7.56. The molecule has 0 aliphatic carbocycles. The maximum absolute atomic E-state index is 10.4. The van der Waals surface area contributed by atoms with Crippen LogP contribution in [0.5, 0.6) is 0 Å². The van der Waals surface area contributed by atoms with Crippen LogP contribution in [-0.2, 0) is 18.4 Å². The van der Waals surface area contributed by atoms with Gasteiger partial charge in [0.15, 0.2) is 6.54 Å². The number of rotatable bonds is 2. The van der Waals surface area contributed by atoms with E-state index in [1.807, 2.05) is 17.8 Å². The first kappa shape index (κ1) is 10.2. The van der Waals surface area contributed by atoms with Crippen molar-refractivity contribution in [2.45, 2.75) is 6.54 Å². The number of aromatic nitrogens is 2. The third-order valence-electron chi connectivity index (χ3n) is 1.16. The van der Waals surface area contributed by atoms with Gasteiger partial charge in [-0.2, -0.15) is 0 Å². The Balaban J connectivity index is 0.000001000. The number of hydrogen-bond acceptors (Lipinski definition) is 1. The summed E-state index contributed by atoms with van der Waals surface area (Å²) >= 11 is 0. The Morgan fingerprint density at radius 2 is 2.36 bits per heavy atom. The fourth-order valence-electron chi connectivity index (χ4n) is 0.775. The van der Waals surface area contributed by atoms with Gasteiger partial charge in [0, 0.05) is 0 Å². The van der Waals surface area contributed by atoms with Crippen LogP contribution in [0.2, 0.25) is 0 Å². The summed E-state index contributed by atoms with van der Waals surface area (Å²) in [7, 11) is 1.89. The first-order valence-corrected chi connectivity index (χ1v) is 2.98. The number of imidazole rings is 1. The molecule has 0 fully saturated rings. The minimum Gasteiger partial charge on any atom is -1.00 e. The monoisotopic (exact) mass is 219 g/mol. The van der Waals surface area contributed by atoms with Crippen molar-refractivity contribution < 1.29 is 26.3 Å². The number of amides is 1. The van der Waals surface area contributed by atoms with Crippen LogP contribution in [0.4, 0.5) is 0 Å². The molecule has 0 aliphatic heterocycles. The van der Waals surface area contributed by atoms with Crippen LogP contribution < -0.4 is 27.3 Å². The average Bonchev–Trinajstić information content (AvgIpc) is 2.13. The van der Waals surface area contributed by atoms with E-state index in [4.69, 9.17) is 5.73 Å². The van der Waals surface area contributed by atoms with Gasteiger partial charge < -0.3 is 22.7 Å². The summed E-state index contributed by atoms with van der Waals surface area (Å²) in [5.74, 6) is -0.323. The third-order valence-corrected chi connectivity index (χ3v) is 1.16. The average molecular weight is 220 g/mol. The fraction of sp³-hybridized carbons (Fsp3) is 0.333. The van der Waals surface area contributed by atoms with Gasteiger partial charge in [0.2, 0.25) is 6.33 Å². The predicted molar refractivity (Wildman–Crippen MR) is 34.8 cm³/mol. The molecule has 2 N–H and O–H groups in total. The summed E-state index contributed by atoms with van der Waals surface area (Å²) in [6, 6.07) is 0. The number of hydrogen-bond donors (Lipinski definition) is 1. The lowest BCUT2D eigenvalue weighted by Crippen LogP contribution is -3.00. The van der Waals surface area contributed by atoms with Crippen LogP contribution in [0.1, 0.15) is 0 Å². The van der Waals surface area contributed by atoms with E-state index >= 15 is 0 Å². The Morgan fingerprint density at radius 1 is 1.73 bits per heavy atom. The molecule has 0 unspecified atom stereocenters. The fourth-order valence-corrected chi connectivity index (χ4v) is 0.775. The molecule has 0 spiro atoms. The van der Waals surface area contributed by atoms with Crippen molar-refractivity contribution in [1.29, 1.82) is 0 Å². The predicted octanol–water partition coefficient (Wildman–Crippen LogP) is -4.20. The Labute approximate surface area is 75.4 Å². The van der Waals surface area contributed by atoms with Gasteiger partial charge in [0.05, 0.1) is 7.05 Å². The van der Waals surface area contributed by atoms with Crippen molar-refractivity contribution >= 4 is 5.91 Å². The molecule has 62 valence electrons. The largest absolute Gasteiger partial charge is 1.00 e. The highest BCUT2D eigenvalue weighted by atomic mass is 79.9. The maximum atomic E-state index is 10.4. The lowest BCUT2D eigenvalue weighted by molar-refractivity contribution is -0.671. The van der Waals surface area contributed by atoms with Crippen molar-refractivity contribution in [3.05, 3.63) is 18.7 Å². The van der Waals surface area contributed by atoms with Crippen LogP contribution in [0.25, 0.3) is 0 Å². The molecular weight excluding hydrogens is 210 g/mol. The minimum absolute atomic E-state index is 0. The third kappa shape index (κ3) is 3.18. The molecule has 0 atom stereocenters. The summed E-state index contributed by atoms with van der Waals surface area (Å²) in [6.45, 7) is 0.251. The zero-order valence-corrected chi connectivity index (χ0v) is 7.78. The standard InChI is InChI=1S/C6H9N3O.BrH/c1-8-2-3-9(5-8)4-6(7)10;/h2-3,5H,4H2,1H3,(H-,7,10);1H. The molecule has 0 aromatic carbocycles. The highest BCUT2D eigenvalue weighted by Gasteiger charge is 2.01. The second kappa shape index (κ2) is 4.12. The molecule has 0 aliphatic rings. The SMILES string of the molecule is C[n+]1ccn(CC(N)=O)c1.[Br-]. The minimum atomic E-state index is -0.323. The first-order valence-electron chi connectivity index (χ1n) is 2.98. The normalized spacial score (nSPS) is 8.82. The van der Waals surface area contributed by atoms with Gasteiger partial charge in [-0.15, -0.1) is 0 Å². The van der Waals surface area contributed by atoms with Gasteiger partial charge in [-0.25, -0.2) is 9.13 Å². The van der Waals surface area contributed by atoms with Crippen molar-refractivity contribution in [3.8, 4) is 0 Å². The van der Waals surface area contributed by atoms with Crippen LogP contribution in [0.15, 0.2) is 18.7 Å². The Bertz CT molecular complexity index is 246. The topological polar surface area (TPSA) is 51.9 Å². The number of aryl methyl sites for hydroxylation is 1. The number of carbonyl (C=O) groups is 1. The van der Waals surface area contributed by atoms with E-state index in [1.165, 1.54) is 0 Å². The lowest BCUT2D eigenvalue weighted by Gasteiger charge is -1.86. The smallest absolute Gasteiger partial charge is 0.259 e. The summed E-state index contributed by atoms with van der Waals surface area (Å²) in [4.78, 5) is 10.4. The van der Waals surface area contributed by atoms with Crippen LogP contribution in [0, 0.1) is 0 Å². The first-order chi connectivity index (χ1) is 4.68. The number of nitrogens with two attached hydrogens (primary N) is 1. The molecule has 0 radical (unpaired) electrons.